The fraction of sp³-hybridized carbons (Fsp3) is 0.115. The number of amides is 1. The first-order valence-electron chi connectivity index (χ1n) is 11.6. The Kier molecular flexibility index (Phi) is 4.56. The number of rotatable bonds is 5. The van der Waals surface area contributed by atoms with E-state index in [2.05, 4.69) is 35.5 Å². The van der Waals surface area contributed by atoms with Crippen LogP contribution in [-0.2, 0) is 4.79 Å². The molecule has 1 aliphatic carbocycles. The summed E-state index contributed by atoms with van der Waals surface area (Å²) in [6, 6.07) is 13.3. The number of imidazole rings is 1. The van der Waals surface area contributed by atoms with Gasteiger partial charge in [0.2, 0.25) is 5.91 Å². The summed E-state index contributed by atoms with van der Waals surface area (Å²) in [4.78, 5) is 38.4. The van der Waals surface area contributed by atoms with E-state index in [0.717, 1.165) is 35.1 Å². The van der Waals surface area contributed by atoms with Gasteiger partial charge in [0.1, 0.15) is 16.7 Å². The van der Waals surface area contributed by atoms with Gasteiger partial charge in [0.05, 0.1) is 34.3 Å². The predicted molar refractivity (Wildman–Crippen MR) is 135 cm³/mol. The van der Waals surface area contributed by atoms with Crippen molar-refractivity contribution < 1.29 is 4.79 Å². The molecule has 3 N–H and O–H groups in total. The van der Waals surface area contributed by atoms with Gasteiger partial charge >= 0.3 is 0 Å². The maximum Gasteiger partial charge on any atom is 0.227 e. The SMILES string of the molecule is O=C(Nc1cncc(-c2ccc3[nH]nc(-c4nc5c(-c6ccccn6)nccc5[nH]4)c3n2)c1)C1CC1. The molecule has 0 unspecified atom stereocenters. The van der Waals surface area contributed by atoms with Crippen molar-refractivity contribution in [2.24, 2.45) is 5.92 Å². The Balaban J connectivity index is 1.28. The molecule has 0 aliphatic heterocycles. The van der Waals surface area contributed by atoms with E-state index < -0.39 is 0 Å². The van der Waals surface area contributed by atoms with E-state index in [1.54, 1.807) is 24.8 Å². The maximum absolute atomic E-state index is 12.2. The molecule has 1 saturated carbocycles. The lowest BCUT2D eigenvalue weighted by Gasteiger charge is -2.06. The standard InChI is InChI=1S/C26H19N9O/c36-26(14-4-5-14)30-16-11-15(12-27-13-16)17-6-7-20-23(31-17)24(35-34-20)25-32-19-8-10-29-21(22(19)33-25)18-3-1-2-9-28-18/h1-3,6-14H,4-5H2,(H,30,36)(H,32,33)(H,34,35). The van der Waals surface area contributed by atoms with Crippen LogP contribution in [0.25, 0.3) is 56.2 Å². The molecule has 0 atom stereocenters. The third-order valence-electron chi connectivity index (χ3n) is 6.19. The van der Waals surface area contributed by atoms with Crippen LogP contribution >= 0.6 is 0 Å². The Hall–Kier alpha value is -4.99. The van der Waals surface area contributed by atoms with Gasteiger partial charge in [-0.05, 0) is 49.2 Å². The van der Waals surface area contributed by atoms with Crippen molar-refractivity contribution in [3.8, 4) is 34.2 Å². The van der Waals surface area contributed by atoms with Crippen LogP contribution in [0.4, 0.5) is 5.69 Å². The van der Waals surface area contributed by atoms with Crippen LogP contribution in [0.3, 0.4) is 0 Å². The van der Waals surface area contributed by atoms with Gasteiger partial charge in [-0.3, -0.25) is 24.8 Å². The van der Waals surface area contributed by atoms with Crippen LogP contribution in [0.2, 0.25) is 0 Å². The first kappa shape index (κ1) is 20.4. The average Bonchev–Trinajstić information content (AvgIpc) is 3.55. The highest BCUT2D eigenvalue weighted by Crippen LogP contribution is 2.32. The summed E-state index contributed by atoms with van der Waals surface area (Å²) in [6.45, 7) is 0. The number of anilines is 1. The van der Waals surface area contributed by atoms with Gasteiger partial charge in [0.15, 0.2) is 11.5 Å². The summed E-state index contributed by atoms with van der Waals surface area (Å²) in [7, 11) is 0. The molecule has 7 rings (SSSR count). The van der Waals surface area contributed by atoms with Gasteiger partial charge in [-0.1, -0.05) is 6.07 Å². The monoisotopic (exact) mass is 473 g/mol. The van der Waals surface area contributed by atoms with Crippen molar-refractivity contribution in [1.82, 2.24) is 40.1 Å². The van der Waals surface area contributed by atoms with E-state index in [4.69, 9.17) is 9.97 Å². The minimum Gasteiger partial charge on any atom is -0.336 e. The number of H-pyrrole nitrogens is 2. The zero-order valence-electron chi connectivity index (χ0n) is 18.9. The van der Waals surface area contributed by atoms with E-state index >= 15 is 0 Å². The Morgan fingerprint density at radius 3 is 2.67 bits per heavy atom. The number of fused-ring (bicyclic) bond motifs is 2. The van der Waals surface area contributed by atoms with Crippen molar-refractivity contribution in [1.29, 1.82) is 0 Å². The number of hydrogen-bond donors (Lipinski definition) is 3. The van der Waals surface area contributed by atoms with Gasteiger partial charge in [-0.25, -0.2) is 9.97 Å². The van der Waals surface area contributed by atoms with Gasteiger partial charge in [0.25, 0.3) is 0 Å². The summed E-state index contributed by atoms with van der Waals surface area (Å²) in [5.41, 5.74) is 7.20. The fourth-order valence-corrected chi connectivity index (χ4v) is 4.20. The van der Waals surface area contributed by atoms with Crippen molar-refractivity contribution in [3.05, 3.63) is 67.3 Å². The van der Waals surface area contributed by atoms with Crippen LogP contribution in [0.1, 0.15) is 12.8 Å². The van der Waals surface area contributed by atoms with Gasteiger partial charge in [0, 0.05) is 30.1 Å². The maximum atomic E-state index is 12.2. The number of aromatic amines is 2. The summed E-state index contributed by atoms with van der Waals surface area (Å²) in [5.74, 6) is 0.738. The van der Waals surface area contributed by atoms with E-state index in [0.29, 0.717) is 39.6 Å². The molecule has 0 radical (unpaired) electrons. The van der Waals surface area contributed by atoms with Crippen LogP contribution in [0.5, 0.6) is 0 Å². The van der Waals surface area contributed by atoms with Gasteiger partial charge in [-0.2, -0.15) is 5.10 Å². The Labute approximate surface area is 204 Å². The lowest BCUT2D eigenvalue weighted by molar-refractivity contribution is -0.117. The van der Waals surface area contributed by atoms with E-state index in [1.165, 1.54) is 0 Å². The number of hydrogen-bond acceptors (Lipinski definition) is 7. The molecule has 0 spiro atoms. The summed E-state index contributed by atoms with van der Waals surface area (Å²) < 4.78 is 0. The molecule has 1 aliphatic rings. The average molecular weight is 474 g/mol. The van der Waals surface area contributed by atoms with Gasteiger partial charge in [-0.15, -0.1) is 0 Å². The van der Waals surface area contributed by atoms with Crippen molar-refractivity contribution >= 4 is 33.7 Å². The molecule has 6 aromatic rings. The van der Waals surface area contributed by atoms with Crippen molar-refractivity contribution in [3.63, 3.8) is 0 Å². The normalized spacial score (nSPS) is 13.3. The molecule has 10 heteroatoms. The van der Waals surface area contributed by atoms with Crippen molar-refractivity contribution in [2.45, 2.75) is 12.8 Å². The summed E-state index contributed by atoms with van der Waals surface area (Å²) >= 11 is 0. The Morgan fingerprint density at radius 2 is 1.81 bits per heavy atom. The second kappa shape index (κ2) is 8.05. The summed E-state index contributed by atoms with van der Waals surface area (Å²) in [5, 5.41) is 10.5. The van der Waals surface area contributed by atoms with E-state index in [9.17, 15) is 4.79 Å². The molecule has 36 heavy (non-hydrogen) atoms. The van der Waals surface area contributed by atoms with Crippen LogP contribution in [0, 0.1) is 5.92 Å². The predicted octanol–water partition coefficient (Wildman–Crippen LogP) is 4.37. The zero-order chi connectivity index (χ0) is 24.1. The minimum absolute atomic E-state index is 0.0407. The second-order valence-electron chi connectivity index (χ2n) is 8.75. The smallest absolute Gasteiger partial charge is 0.227 e. The Morgan fingerprint density at radius 1 is 0.889 bits per heavy atom. The minimum atomic E-state index is 0.0407. The zero-order valence-corrected chi connectivity index (χ0v) is 18.9. The molecule has 6 aromatic heterocycles. The van der Waals surface area contributed by atoms with E-state index in [-0.39, 0.29) is 11.8 Å². The highest BCUT2D eigenvalue weighted by atomic mass is 16.2. The number of carbonyl (C=O) groups excluding carboxylic acids is 1. The quantitative estimate of drug-likeness (QED) is 0.338. The molecule has 0 saturated heterocycles. The summed E-state index contributed by atoms with van der Waals surface area (Å²) in [6.07, 6.45) is 8.73. The molecular formula is C26H19N9O. The molecule has 0 aromatic carbocycles. The third-order valence-corrected chi connectivity index (χ3v) is 6.19. The largest absolute Gasteiger partial charge is 0.336 e. The molecule has 0 bridgehead atoms. The number of aromatic nitrogens is 8. The van der Waals surface area contributed by atoms with E-state index in [1.807, 2.05) is 42.5 Å². The molecule has 1 fully saturated rings. The second-order valence-corrected chi connectivity index (χ2v) is 8.75. The molecule has 6 heterocycles. The highest BCUT2D eigenvalue weighted by molar-refractivity contribution is 5.96. The lowest BCUT2D eigenvalue weighted by Crippen LogP contribution is -2.13. The number of pyridine rings is 4. The van der Waals surface area contributed by atoms with Crippen LogP contribution in [0.15, 0.2) is 67.3 Å². The topological polar surface area (TPSA) is 138 Å². The lowest BCUT2D eigenvalue weighted by atomic mass is 10.1. The molecule has 10 nitrogen and oxygen atoms in total. The molecular weight excluding hydrogens is 454 g/mol. The number of carbonyl (C=O) groups is 1. The number of nitrogens with zero attached hydrogens (tertiary/aromatic N) is 6. The first-order valence-corrected chi connectivity index (χ1v) is 11.6. The number of nitrogens with one attached hydrogen (secondary N) is 3. The van der Waals surface area contributed by atoms with Gasteiger partial charge < -0.3 is 10.3 Å². The highest BCUT2D eigenvalue weighted by Gasteiger charge is 2.29. The fourth-order valence-electron chi connectivity index (χ4n) is 4.20. The van der Waals surface area contributed by atoms with Crippen molar-refractivity contribution in [2.75, 3.05) is 5.32 Å². The first-order chi connectivity index (χ1) is 17.7. The Bertz CT molecular complexity index is 1750. The van der Waals surface area contributed by atoms with Crippen LogP contribution < -0.4 is 5.32 Å². The third kappa shape index (κ3) is 3.56. The molecule has 174 valence electrons. The molecule has 1 amide bonds. The van der Waals surface area contributed by atoms with Crippen LogP contribution in [-0.4, -0.2) is 46.0 Å².